The van der Waals surface area contributed by atoms with Crippen LogP contribution in [0.2, 0.25) is 0 Å². The van der Waals surface area contributed by atoms with Crippen LogP contribution in [0.3, 0.4) is 0 Å². The van der Waals surface area contributed by atoms with E-state index in [1.807, 2.05) is 0 Å². The number of ether oxygens (including phenoxy) is 1. The van der Waals surface area contributed by atoms with E-state index in [2.05, 4.69) is 14.9 Å². The van der Waals surface area contributed by atoms with Crippen molar-refractivity contribution in [2.45, 2.75) is 54.8 Å². The van der Waals surface area contributed by atoms with Gasteiger partial charge < -0.3 is 4.74 Å². The molecule has 1 aromatic carbocycles. The summed E-state index contributed by atoms with van der Waals surface area (Å²) in [6.45, 7) is 1.83. The number of hydrogen-bond acceptors (Lipinski definition) is 6. The lowest BCUT2D eigenvalue weighted by atomic mass is 10.2. The number of benzene rings is 1. The molecule has 2 aliphatic heterocycles. The van der Waals surface area contributed by atoms with E-state index in [1.54, 1.807) is 12.4 Å². The highest BCUT2D eigenvalue weighted by molar-refractivity contribution is 7.89. The average molecular weight is 483 g/mol. The summed E-state index contributed by atoms with van der Waals surface area (Å²) in [6, 6.07) is 3.87. The van der Waals surface area contributed by atoms with Gasteiger partial charge in [0, 0.05) is 38.0 Å². The molecule has 3 aliphatic rings. The van der Waals surface area contributed by atoms with Gasteiger partial charge in [-0.25, -0.2) is 13.4 Å². The number of aromatic nitrogens is 2. The van der Waals surface area contributed by atoms with Gasteiger partial charge in [-0.05, 0) is 44.0 Å². The molecule has 0 unspecified atom stereocenters. The van der Waals surface area contributed by atoms with Crippen molar-refractivity contribution in [1.29, 1.82) is 0 Å². The Morgan fingerprint density at radius 1 is 1.06 bits per heavy atom. The summed E-state index contributed by atoms with van der Waals surface area (Å²) in [7, 11) is -4.05. The van der Waals surface area contributed by atoms with Gasteiger partial charge in [-0.1, -0.05) is 6.07 Å². The van der Waals surface area contributed by atoms with Crippen molar-refractivity contribution in [2.75, 3.05) is 26.2 Å². The monoisotopic (exact) mass is 482 g/mol. The molecule has 0 N–H and O–H groups in total. The first-order valence-electron chi connectivity index (χ1n) is 11.1. The molecular weight excluding hydrogens is 457 g/mol. The second-order valence-electron chi connectivity index (χ2n) is 8.92. The molecule has 33 heavy (non-hydrogen) atoms. The number of rotatable bonds is 5. The first-order chi connectivity index (χ1) is 15.7. The minimum absolute atomic E-state index is 0.0724. The number of alkyl halides is 3. The number of fused-ring (bicyclic) bond motifs is 1. The Bertz CT molecular complexity index is 1110. The molecule has 5 rings (SSSR count). The summed E-state index contributed by atoms with van der Waals surface area (Å²) in [5, 5.41) is 0. The highest BCUT2D eigenvalue weighted by Crippen LogP contribution is 2.39. The molecule has 178 valence electrons. The third-order valence-corrected chi connectivity index (χ3v) is 8.35. The first kappa shape index (κ1) is 22.5. The molecule has 2 atom stereocenters. The smallest absolute Gasteiger partial charge is 0.416 e. The van der Waals surface area contributed by atoms with Crippen molar-refractivity contribution in [3.05, 3.63) is 47.9 Å². The predicted molar refractivity (Wildman–Crippen MR) is 113 cm³/mol. The number of sulfonamides is 1. The maximum atomic E-state index is 13.2. The van der Waals surface area contributed by atoms with Crippen molar-refractivity contribution >= 4 is 10.0 Å². The van der Waals surface area contributed by atoms with Crippen LogP contribution in [0.1, 0.15) is 42.9 Å². The summed E-state index contributed by atoms with van der Waals surface area (Å²) < 4.78 is 72.9. The van der Waals surface area contributed by atoms with Crippen molar-refractivity contribution in [1.82, 2.24) is 19.2 Å². The maximum absolute atomic E-state index is 13.2. The Hall–Kier alpha value is -2.24. The van der Waals surface area contributed by atoms with E-state index in [0.717, 1.165) is 30.7 Å². The van der Waals surface area contributed by atoms with E-state index in [4.69, 9.17) is 4.74 Å². The summed E-state index contributed by atoms with van der Waals surface area (Å²) in [5.41, 5.74) is 0.0151. The number of halogens is 3. The molecule has 1 aromatic heterocycles. The second kappa shape index (κ2) is 8.52. The van der Waals surface area contributed by atoms with Crippen molar-refractivity contribution in [2.24, 2.45) is 0 Å². The molecule has 0 spiro atoms. The largest absolute Gasteiger partial charge is 0.472 e. The molecule has 3 fully saturated rings. The maximum Gasteiger partial charge on any atom is 0.416 e. The lowest BCUT2D eigenvalue weighted by Crippen LogP contribution is -2.39. The van der Waals surface area contributed by atoms with Crippen LogP contribution in [0.15, 0.2) is 41.6 Å². The van der Waals surface area contributed by atoms with Crippen molar-refractivity contribution in [3.63, 3.8) is 0 Å². The van der Waals surface area contributed by atoms with Gasteiger partial charge in [-0.2, -0.15) is 17.5 Å². The van der Waals surface area contributed by atoms with Gasteiger partial charge in [-0.15, -0.1) is 0 Å². The fraction of sp³-hybridized carbons (Fsp3) is 0.545. The number of hydrogen-bond donors (Lipinski definition) is 0. The van der Waals surface area contributed by atoms with Crippen molar-refractivity contribution < 1.29 is 26.3 Å². The molecule has 1 aliphatic carbocycles. The first-order valence-corrected chi connectivity index (χ1v) is 12.5. The van der Waals surface area contributed by atoms with E-state index < -0.39 is 21.8 Å². The molecule has 7 nitrogen and oxygen atoms in total. The van der Waals surface area contributed by atoms with Gasteiger partial charge in [0.25, 0.3) is 0 Å². The van der Waals surface area contributed by atoms with Crippen LogP contribution < -0.4 is 4.74 Å². The number of nitrogens with zero attached hydrogens (tertiary/aromatic N) is 4. The molecule has 11 heteroatoms. The minimum Gasteiger partial charge on any atom is -0.472 e. The summed E-state index contributed by atoms with van der Waals surface area (Å²) in [6.07, 6.45) is 2.15. The third kappa shape index (κ3) is 4.85. The van der Waals surface area contributed by atoms with Gasteiger partial charge >= 0.3 is 6.18 Å². The third-order valence-electron chi connectivity index (χ3n) is 6.49. The lowest BCUT2D eigenvalue weighted by Gasteiger charge is -2.25. The van der Waals surface area contributed by atoms with E-state index >= 15 is 0 Å². The topological polar surface area (TPSA) is 75.6 Å². The highest BCUT2D eigenvalue weighted by atomic mass is 32.2. The Labute approximate surface area is 190 Å². The van der Waals surface area contributed by atoms with E-state index in [1.165, 1.54) is 10.4 Å². The fourth-order valence-corrected chi connectivity index (χ4v) is 6.17. The average Bonchev–Trinajstić information content (AvgIpc) is 3.59. The van der Waals surface area contributed by atoms with Gasteiger partial charge in [-0.3, -0.25) is 9.88 Å². The Morgan fingerprint density at radius 2 is 1.88 bits per heavy atom. The Kier molecular flexibility index (Phi) is 5.82. The molecular formula is C22H25F3N4O3S. The van der Waals surface area contributed by atoms with Crippen LogP contribution in [0.25, 0.3) is 0 Å². The van der Waals surface area contributed by atoms with Crippen LogP contribution in [0, 0.1) is 0 Å². The van der Waals surface area contributed by atoms with Gasteiger partial charge in [0.1, 0.15) is 6.10 Å². The zero-order chi connectivity index (χ0) is 23.2. The molecule has 2 aromatic rings. The highest BCUT2D eigenvalue weighted by Gasteiger charge is 2.40. The summed E-state index contributed by atoms with van der Waals surface area (Å²) in [4.78, 5) is 10.6. The SMILES string of the molecule is O=S(=O)(c1cccc(C(F)(F)F)c1)N1CCCN2C[C@H](Oc3cnc(C4CC4)cn3)C[C@@H]2C1. The van der Waals surface area contributed by atoms with Crippen LogP contribution >= 0.6 is 0 Å². The van der Waals surface area contributed by atoms with Crippen LogP contribution in [0.5, 0.6) is 5.88 Å². The predicted octanol–water partition coefficient (Wildman–Crippen LogP) is 3.29. The summed E-state index contributed by atoms with van der Waals surface area (Å²) >= 11 is 0. The molecule has 1 saturated carbocycles. The van der Waals surface area contributed by atoms with Crippen LogP contribution in [0.4, 0.5) is 13.2 Å². The molecule has 3 heterocycles. The van der Waals surface area contributed by atoms with E-state index in [9.17, 15) is 21.6 Å². The van der Waals surface area contributed by atoms with E-state index in [0.29, 0.717) is 43.8 Å². The van der Waals surface area contributed by atoms with Crippen LogP contribution in [-0.4, -0.2) is 65.9 Å². The minimum atomic E-state index is -4.60. The molecule has 0 bridgehead atoms. The van der Waals surface area contributed by atoms with Gasteiger partial charge in [0.05, 0.1) is 28.5 Å². The standard InChI is InChI=1S/C22H25F3N4O3S/c23-22(24,25)16-3-1-4-19(9-16)33(30,31)29-8-2-7-28-14-18(10-17(28)13-29)32-21-12-26-20(11-27-21)15-5-6-15/h1,3-4,9,11-12,15,17-18H,2,5-8,10,13-14H2/t17-,18-/m1/s1. The van der Waals surface area contributed by atoms with E-state index in [-0.39, 0.29) is 30.1 Å². The molecule has 0 radical (unpaired) electrons. The normalized spacial score (nSPS) is 24.9. The molecule has 2 saturated heterocycles. The Morgan fingerprint density at radius 3 is 2.58 bits per heavy atom. The molecule has 0 amide bonds. The van der Waals surface area contributed by atoms with Gasteiger partial charge in [0.2, 0.25) is 15.9 Å². The fourth-order valence-electron chi connectivity index (χ4n) is 4.61. The Balaban J connectivity index is 1.27. The van der Waals surface area contributed by atoms with Crippen molar-refractivity contribution in [3.8, 4) is 5.88 Å². The second-order valence-corrected chi connectivity index (χ2v) is 10.9. The summed E-state index contributed by atoms with van der Waals surface area (Å²) in [5.74, 6) is 0.969. The zero-order valence-corrected chi connectivity index (χ0v) is 18.7. The quantitative estimate of drug-likeness (QED) is 0.651. The zero-order valence-electron chi connectivity index (χ0n) is 17.9. The van der Waals surface area contributed by atoms with Gasteiger partial charge in [0.15, 0.2) is 0 Å². The van der Waals surface area contributed by atoms with Crippen LogP contribution in [-0.2, 0) is 16.2 Å². The lowest BCUT2D eigenvalue weighted by molar-refractivity contribution is -0.137.